The van der Waals surface area contributed by atoms with Gasteiger partial charge in [-0.25, -0.2) is 4.99 Å². The standard InChI is InChI=1S/C23H27N3O3/c1-3-20-22(12-27-13-22)23(14-28-21(24)26-23)18-10-16(6-7-19(18)29-20)17-9-15(2)5-4-8-25-11-17/h4,6-11,15,20H,3,5,12-14H2,1-2H3,(H2,24,26). The van der Waals surface area contributed by atoms with Crippen molar-refractivity contribution in [3.8, 4) is 5.75 Å². The van der Waals surface area contributed by atoms with E-state index in [0.717, 1.165) is 35.3 Å². The minimum atomic E-state index is -0.579. The first kappa shape index (κ1) is 18.4. The quantitative estimate of drug-likeness (QED) is 0.835. The van der Waals surface area contributed by atoms with Crippen molar-refractivity contribution in [3.05, 3.63) is 47.7 Å². The Hall–Kier alpha value is -2.60. The molecule has 29 heavy (non-hydrogen) atoms. The zero-order valence-corrected chi connectivity index (χ0v) is 16.9. The molecule has 3 atom stereocenters. The molecule has 2 spiro atoms. The Morgan fingerprint density at radius 3 is 2.79 bits per heavy atom. The van der Waals surface area contributed by atoms with Gasteiger partial charge in [0, 0.05) is 18.0 Å². The van der Waals surface area contributed by atoms with Crippen LogP contribution in [0.25, 0.3) is 5.57 Å². The van der Waals surface area contributed by atoms with Crippen molar-refractivity contribution in [3.63, 3.8) is 0 Å². The van der Waals surface area contributed by atoms with Crippen LogP contribution in [0.2, 0.25) is 0 Å². The third-order valence-electron chi connectivity index (χ3n) is 6.66. The van der Waals surface area contributed by atoms with Crippen molar-refractivity contribution < 1.29 is 14.2 Å². The maximum Gasteiger partial charge on any atom is 0.283 e. The van der Waals surface area contributed by atoms with Crippen molar-refractivity contribution in [2.24, 2.45) is 27.1 Å². The minimum Gasteiger partial charge on any atom is -0.489 e. The summed E-state index contributed by atoms with van der Waals surface area (Å²) in [6, 6.07) is 6.59. The fourth-order valence-corrected chi connectivity index (χ4v) is 5.03. The van der Waals surface area contributed by atoms with Gasteiger partial charge < -0.3 is 19.9 Å². The van der Waals surface area contributed by atoms with Crippen LogP contribution in [0.15, 0.2) is 46.5 Å². The van der Waals surface area contributed by atoms with Crippen molar-refractivity contribution in [1.29, 1.82) is 0 Å². The van der Waals surface area contributed by atoms with E-state index in [4.69, 9.17) is 24.9 Å². The number of hydrogen-bond donors (Lipinski definition) is 1. The second-order valence-electron chi connectivity index (χ2n) is 8.47. The Bertz CT molecular complexity index is 945. The van der Waals surface area contributed by atoms with Gasteiger partial charge in [-0.1, -0.05) is 32.1 Å². The Labute approximate surface area is 171 Å². The second-order valence-corrected chi connectivity index (χ2v) is 8.47. The number of nitrogens with zero attached hydrogens (tertiary/aromatic N) is 2. The van der Waals surface area contributed by atoms with Crippen LogP contribution < -0.4 is 10.5 Å². The molecule has 0 bridgehead atoms. The number of rotatable bonds is 2. The van der Waals surface area contributed by atoms with Crippen LogP contribution in [-0.2, 0) is 15.0 Å². The van der Waals surface area contributed by atoms with Gasteiger partial charge in [-0.2, -0.15) is 0 Å². The highest BCUT2D eigenvalue weighted by atomic mass is 16.5. The van der Waals surface area contributed by atoms with Gasteiger partial charge in [-0.05, 0) is 42.0 Å². The first-order valence-corrected chi connectivity index (χ1v) is 10.4. The average molecular weight is 393 g/mol. The number of fused-ring (bicyclic) bond motifs is 3. The number of nitrogens with two attached hydrogens (primary N) is 1. The summed E-state index contributed by atoms with van der Waals surface area (Å²) in [6.07, 6.45) is 10.0. The van der Waals surface area contributed by atoms with Gasteiger partial charge >= 0.3 is 0 Å². The molecule has 0 aromatic heterocycles. The molecule has 0 radical (unpaired) electrons. The summed E-state index contributed by atoms with van der Waals surface area (Å²) < 4.78 is 17.9. The van der Waals surface area contributed by atoms with E-state index in [9.17, 15) is 0 Å². The van der Waals surface area contributed by atoms with Crippen molar-refractivity contribution in [2.75, 3.05) is 19.8 Å². The summed E-state index contributed by atoms with van der Waals surface area (Å²) >= 11 is 0. The normalized spacial score (nSPS) is 31.8. The van der Waals surface area contributed by atoms with Crippen molar-refractivity contribution in [2.45, 2.75) is 38.3 Å². The number of aliphatic imine (C=N–C) groups is 2. The molecule has 152 valence electrons. The van der Waals surface area contributed by atoms with E-state index in [1.807, 2.05) is 12.4 Å². The molecular formula is C23H27N3O3. The molecule has 4 aliphatic rings. The van der Waals surface area contributed by atoms with E-state index in [1.165, 1.54) is 0 Å². The number of ether oxygens (including phenoxy) is 3. The van der Waals surface area contributed by atoms with Gasteiger partial charge in [0.1, 0.15) is 24.0 Å². The topological polar surface area (TPSA) is 78.4 Å². The van der Waals surface area contributed by atoms with Crippen LogP contribution in [-0.4, -0.2) is 38.2 Å². The van der Waals surface area contributed by atoms with E-state index in [1.54, 1.807) is 0 Å². The summed E-state index contributed by atoms with van der Waals surface area (Å²) in [4.78, 5) is 9.30. The lowest BCUT2D eigenvalue weighted by Gasteiger charge is -2.57. The summed E-state index contributed by atoms with van der Waals surface area (Å²) in [6.45, 7) is 5.98. The zero-order chi connectivity index (χ0) is 20.1. The SMILES string of the molecule is CCC1Oc2ccc(C3=CC(C)CC=CN=C3)cc2C2(COC(N)=N2)C12COC2. The molecule has 4 aliphatic heterocycles. The van der Waals surface area contributed by atoms with Crippen LogP contribution in [0.3, 0.4) is 0 Å². The first-order chi connectivity index (χ1) is 14.1. The molecule has 1 fully saturated rings. The zero-order valence-electron chi connectivity index (χ0n) is 16.9. The molecule has 6 heteroatoms. The van der Waals surface area contributed by atoms with Gasteiger partial charge in [0.15, 0.2) is 0 Å². The molecule has 0 amide bonds. The summed E-state index contributed by atoms with van der Waals surface area (Å²) in [5.74, 6) is 1.30. The third-order valence-corrected chi connectivity index (χ3v) is 6.66. The number of amidine groups is 1. The van der Waals surface area contributed by atoms with E-state index in [0.29, 0.717) is 25.7 Å². The summed E-state index contributed by atoms with van der Waals surface area (Å²) in [5.41, 5.74) is 8.43. The van der Waals surface area contributed by atoms with Gasteiger partial charge in [-0.3, -0.25) is 4.99 Å². The lowest BCUT2D eigenvalue weighted by atomic mass is 9.59. The molecule has 4 heterocycles. The number of hydrogen-bond acceptors (Lipinski definition) is 6. The van der Waals surface area contributed by atoms with Crippen LogP contribution in [0.1, 0.15) is 37.8 Å². The molecule has 0 aliphatic carbocycles. The largest absolute Gasteiger partial charge is 0.489 e. The lowest BCUT2D eigenvalue weighted by molar-refractivity contribution is -0.216. The molecule has 3 unspecified atom stereocenters. The lowest BCUT2D eigenvalue weighted by Crippen LogP contribution is -2.67. The van der Waals surface area contributed by atoms with E-state index in [2.05, 4.69) is 49.2 Å². The number of benzene rings is 1. The fourth-order valence-electron chi connectivity index (χ4n) is 5.03. The molecule has 1 aromatic rings. The summed E-state index contributed by atoms with van der Waals surface area (Å²) in [7, 11) is 0. The van der Waals surface area contributed by atoms with E-state index in [-0.39, 0.29) is 17.5 Å². The Morgan fingerprint density at radius 1 is 1.24 bits per heavy atom. The van der Waals surface area contributed by atoms with Crippen molar-refractivity contribution >= 4 is 17.8 Å². The highest BCUT2D eigenvalue weighted by molar-refractivity contribution is 6.10. The second kappa shape index (κ2) is 6.73. The van der Waals surface area contributed by atoms with Crippen LogP contribution in [0, 0.1) is 11.3 Å². The Kier molecular flexibility index (Phi) is 4.28. The predicted octanol–water partition coefficient (Wildman–Crippen LogP) is 3.42. The van der Waals surface area contributed by atoms with Crippen LogP contribution in [0.5, 0.6) is 5.75 Å². The minimum absolute atomic E-state index is 0.0141. The average Bonchev–Trinajstić information content (AvgIpc) is 3.05. The third kappa shape index (κ3) is 2.65. The maximum absolute atomic E-state index is 6.46. The molecule has 0 saturated carbocycles. The van der Waals surface area contributed by atoms with Crippen LogP contribution in [0.4, 0.5) is 0 Å². The van der Waals surface area contributed by atoms with Crippen LogP contribution >= 0.6 is 0 Å². The van der Waals surface area contributed by atoms with E-state index < -0.39 is 5.54 Å². The Balaban J connectivity index is 1.67. The molecule has 6 nitrogen and oxygen atoms in total. The summed E-state index contributed by atoms with van der Waals surface area (Å²) in [5, 5.41) is 0. The molecule has 5 rings (SSSR count). The van der Waals surface area contributed by atoms with Gasteiger partial charge in [0.05, 0.1) is 18.6 Å². The fraction of sp³-hybridized carbons (Fsp3) is 0.478. The van der Waals surface area contributed by atoms with Gasteiger partial charge in [0.2, 0.25) is 0 Å². The molecule has 1 aromatic carbocycles. The smallest absolute Gasteiger partial charge is 0.283 e. The molecular weight excluding hydrogens is 366 g/mol. The first-order valence-electron chi connectivity index (χ1n) is 10.4. The monoisotopic (exact) mass is 393 g/mol. The molecule has 2 N–H and O–H groups in total. The molecule has 1 saturated heterocycles. The number of allylic oxidation sites excluding steroid dienone is 3. The predicted molar refractivity (Wildman–Crippen MR) is 113 cm³/mol. The maximum atomic E-state index is 6.46. The van der Waals surface area contributed by atoms with Crippen molar-refractivity contribution in [1.82, 2.24) is 0 Å². The Morgan fingerprint density at radius 2 is 2.10 bits per heavy atom. The van der Waals surface area contributed by atoms with E-state index >= 15 is 0 Å². The highest BCUT2D eigenvalue weighted by Crippen LogP contribution is 2.59. The highest BCUT2D eigenvalue weighted by Gasteiger charge is 2.67. The van der Waals surface area contributed by atoms with Gasteiger partial charge in [-0.15, -0.1) is 0 Å². The van der Waals surface area contributed by atoms with Gasteiger partial charge in [0.25, 0.3) is 6.02 Å².